The molecule has 0 saturated carbocycles. The molecule has 0 atom stereocenters. The van der Waals surface area contributed by atoms with Crippen LogP contribution >= 0.6 is 11.7 Å². The predicted octanol–water partition coefficient (Wildman–Crippen LogP) is 2.50. The van der Waals surface area contributed by atoms with Crippen LogP contribution in [-0.2, 0) is 16.6 Å². The van der Waals surface area contributed by atoms with Crippen molar-refractivity contribution in [3.05, 3.63) is 35.9 Å². The van der Waals surface area contributed by atoms with E-state index in [0.29, 0.717) is 24.5 Å². The standard InChI is InChI=1S/C19H21N5O6S2/c25-13-5-3-11(9-15(13)27)10-20-18-19(23-31-22-18)21-12-4-6-14(26)17(16(12)28)32(29,30)24-7-1-2-8-24/h3-6,9,25-28H,1-2,7-8,10H2,(H,20,22)(H,21,23). The van der Waals surface area contributed by atoms with Crippen molar-refractivity contribution in [3.63, 3.8) is 0 Å². The van der Waals surface area contributed by atoms with Crippen LogP contribution in [-0.4, -0.2) is 55.0 Å². The van der Waals surface area contributed by atoms with Crippen molar-refractivity contribution in [2.45, 2.75) is 24.3 Å². The minimum absolute atomic E-state index is 0.0404. The van der Waals surface area contributed by atoms with Crippen molar-refractivity contribution < 1.29 is 28.8 Å². The molecule has 0 bridgehead atoms. The Labute approximate surface area is 188 Å². The largest absolute Gasteiger partial charge is 0.506 e. The molecule has 0 unspecified atom stereocenters. The highest BCUT2D eigenvalue weighted by Crippen LogP contribution is 2.41. The number of nitrogens with zero attached hydrogens (tertiary/aromatic N) is 3. The van der Waals surface area contributed by atoms with Crippen molar-refractivity contribution >= 4 is 39.1 Å². The van der Waals surface area contributed by atoms with E-state index in [0.717, 1.165) is 24.6 Å². The Morgan fingerprint density at radius 2 is 1.62 bits per heavy atom. The summed E-state index contributed by atoms with van der Waals surface area (Å²) in [7, 11) is -4.07. The van der Waals surface area contributed by atoms with Crippen LogP contribution in [0.1, 0.15) is 18.4 Å². The number of benzene rings is 2. The van der Waals surface area contributed by atoms with Crippen LogP contribution in [0.2, 0.25) is 0 Å². The van der Waals surface area contributed by atoms with Crippen LogP contribution in [0, 0.1) is 0 Å². The lowest BCUT2D eigenvalue weighted by atomic mass is 10.2. The van der Waals surface area contributed by atoms with Crippen LogP contribution < -0.4 is 10.6 Å². The number of rotatable bonds is 7. The second kappa shape index (κ2) is 8.68. The van der Waals surface area contributed by atoms with Crippen molar-refractivity contribution in [1.82, 2.24) is 13.1 Å². The molecule has 1 aliphatic rings. The quantitative estimate of drug-likeness (QED) is 0.219. The van der Waals surface area contributed by atoms with Gasteiger partial charge in [0.1, 0.15) is 5.75 Å². The summed E-state index contributed by atoms with van der Waals surface area (Å²) in [4.78, 5) is -0.554. The molecule has 3 aromatic rings. The number of phenols is 4. The third-order valence-electron chi connectivity index (χ3n) is 5.01. The molecule has 32 heavy (non-hydrogen) atoms. The van der Waals surface area contributed by atoms with E-state index in [1.54, 1.807) is 6.07 Å². The Morgan fingerprint density at radius 1 is 0.938 bits per heavy atom. The van der Waals surface area contributed by atoms with Crippen molar-refractivity contribution in [1.29, 1.82) is 0 Å². The molecular formula is C19H21N5O6S2. The minimum atomic E-state index is -4.07. The van der Waals surface area contributed by atoms with Crippen LogP contribution in [0.15, 0.2) is 35.2 Å². The highest BCUT2D eigenvalue weighted by molar-refractivity contribution is 7.89. The van der Waals surface area contributed by atoms with Gasteiger partial charge in [0.2, 0.25) is 0 Å². The van der Waals surface area contributed by atoms with Gasteiger partial charge in [-0.05, 0) is 42.7 Å². The van der Waals surface area contributed by atoms with E-state index < -0.39 is 26.4 Å². The molecule has 0 radical (unpaired) electrons. The first-order chi connectivity index (χ1) is 15.3. The minimum Gasteiger partial charge on any atom is -0.506 e. The number of hydrogen-bond acceptors (Lipinski definition) is 11. The second-order valence-corrected chi connectivity index (χ2v) is 9.59. The van der Waals surface area contributed by atoms with Gasteiger partial charge in [-0.2, -0.15) is 13.1 Å². The highest BCUT2D eigenvalue weighted by Gasteiger charge is 2.33. The lowest BCUT2D eigenvalue weighted by Crippen LogP contribution is -2.28. The summed E-state index contributed by atoms with van der Waals surface area (Å²) < 4.78 is 35.3. The fourth-order valence-electron chi connectivity index (χ4n) is 3.35. The summed E-state index contributed by atoms with van der Waals surface area (Å²) in [6.45, 7) is 0.912. The van der Waals surface area contributed by atoms with Crippen molar-refractivity contribution in [3.8, 4) is 23.0 Å². The van der Waals surface area contributed by atoms with Crippen molar-refractivity contribution in [2.24, 2.45) is 0 Å². The Hall–Kier alpha value is -3.29. The molecule has 2 aromatic carbocycles. The molecule has 170 valence electrons. The zero-order valence-corrected chi connectivity index (χ0v) is 18.3. The van der Waals surface area contributed by atoms with Gasteiger partial charge in [-0.1, -0.05) is 6.07 Å². The second-order valence-electron chi connectivity index (χ2n) is 7.18. The summed E-state index contributed by atoms with van der Waals surface area (Å²) in [6, 6.07) is 6.92. The highest BCUT2D eigenvalue weighted by atomic mass is 32.2. The molecule has 1 saturated heterocycles. The normalized spacial score (nSPS) is 14.5. The monoisotopic (exact) mass is 479 g/mol. The molecular weight excluding hydrogens is 458 g/mol. The fraction of sp³-hybridized carbons (Fsp3) is 0.263. The first kappa shape index (κ1) is 21.9. The Kier molecular flexibility index (Phi) is 5.95. The molecule has 1 aliphatic heterocycles. The number of phenolic OH excluding ortho intramolecular Hbond substituents is 4. The maximum atomic E-state index is 12.9. The van der Waals surface area contributed by atoms with Gasteiger partial charge in [-0.15, -0.1) is 0 Å². The van der Waals surface area contributed by atoms with E-state index in [2.05, 4.69) is 19.4 Å². The molecule has 6 N–H and O–H groups in total. The maximum absolute atomic E-state index is 12.9. The van der Waals surface area contributed by atoms with E-state index in [9.17, 15) is 28.8 Å². The molecule has 0 aliphatic carbocycles. The first-order valence-electron chi connectivity index (χ1n) is 9.67. The lowest BCUT2D eigenvalue weighted by molar-refractivity contribution is 0.403. The van der Waals surface area contributed by atoms with Crippen LogP contribution in [0.25, 0.3) is 0 Å². The van der Waals surface area contributed by atoms with E-state index in [-0.39, 0.29) is 29.5 Å². The maximum Gasteiger partial charge on any atom is 0.250 e. The topological polar surface area (TPSA) is 168 Å². The average molecular weight is 480 g/mol. The van der Waals surface area contributed by atoms with Crippen LogP contribution in [0.5, 0.6) is 23.0 Å². The van der Waals surface area contributed by atoms with Gasteiger partial charge in [0.25, 0.3) is 10.0 Å². The van der Waals surface area contributed by atoms with Gasteiger partial charge in [0.15, 0.2) is 33.8 Å². The van der Waals surface area contributed by atoms with Gasteiger partial charge < -0.3 is 31.1 Å². The van der Waals surface area contributed by atoms with E-state index in [1.165, 1.54) is 28.6 Å². The van der Waals surface area contributed by atoms with E-state index in [4.69, 9.17) is 0 Å². The van der Waals surface area contributed by atoms with Gasteiger partial charge in [-0.25, -0.2) is 8.42 Å². The molecule has 4 rings (SSSR count). The number of hydrogen-bond donors (Lipinski definition) is 6. The SMILES string of the molecule is O=S(=O)(c1c(O)ccc(Nc2nsnc2NCc2ccc(O)c(O)c2)c1O)N1CCCC1. The smallest absolute Gasteiger partial charge is 0.250 e. The van der Waals surface area contributed by atoms with Gasteiger partial charge in [0.05, 0.1) is 17.4 Å². The predicted molar refractivity (Wildman–Crippen MR) is 118 cm³/mol. The Morgan fingerprint density at radius 3 is 2.34 bits per heavy atom. The molecule has 1 aromatic heterocycles. The molecule has 11 nitrogen and oxygen atoms in total. The number of aromatic nitrogens is 2. The average Bonchev–Trinajstić information content (AvgIpc) is 3.43. The van der Waals surface area contributed by atoms with Crippen LogP contribution in [0.4, 0.5) is 17.3 Å². The van der Waals surface area contributed by atoms with Gasteiger partial charge >= 0.3 is 0 Å². The summed E-state index contributed by atoms with van der Waals surface area (Å²) in [5, 5.41) is 45.7. The van der Waals surface area contributed by atoms with Crippen molar-refractivity contribution in [2.75, 3.05) is 23.7 Å². The number of anilines is 3. The Balaban J connectivity index is 1.56. The molecule has 1 fully saturated rings. The third kappa shape index (κ3) is 4.22. The summed E-state index contributed by atoms with van der Waals surface area (Å²) >= 11 is 0.893. The van der Waals surface area contributed by atoms with Gasteiger partial charge in [-0.3, -0.25) is 0 Å². The molecule has 0 spiro atoms. The first-order valence-corrected chi connectivity index (χ1v) is 11.8. The van der Waals surface area contributed by atoms with Crippen LogP contribution in [0.3, 0.4) is 0 Å². The Bertz CT molecular complexity index is 1240. The third-order valence-corrected chi connectivity index (χ3v) is 7.51. The number of sulfonamides is 1. The number of nitrogens with one attached hydrogen (secondary N) is 2. The molecule has 0 amide bonds. The van der Waals surface area contributed by atoms with Gasteiger partial charge in [0, 0.05) is 19.6 Å². The zero-order valence-electron chi connectivity index (χ0n) is 16.7. The summed E-state index contributed by atoms with van der Waals surface area (Å²) in [6.07, 6.45) is 1.44. The summed E-state index contributed by atoms with van der Waals surface area (Å²) in [5.41, 5.74) is 0.712. The summed E-state index contributed by atoms with van der Waals surface area (Å²) in [5.74, 6) is -1.06. The molecule has 13 heteroatoms. The van der Waals surface area contributed by atoms with E-state index >= 15 is 0 Å². The molecule has 2 heterocycles. The zero-order chi connectivity index (χ0) is 22.9. The fourth-order valence-corrected chi connectivity index (χ4v) is 5.52. The van der Waals surface area contributed by atoms with E-state index in [1.807, 2.05) is 0 Å². The lowest BCUT2D eigenvalue weighted by Gasteiger charge is -2.19. The number of aromatic hydroxyl groups is 4.